The number of phenolic OH excluding ortho intramolecular Hbond substituents is 2. The summed E-state index contributed by atoms with van der Waals surface area (Å²) in [5.41, 5.74) is 7.07. The van der Waals surface area contributed by atoms with Crippen molar-refractivity contribution in [2.75, 3.05) is 7.11 Å². The molecule has 0 radical (unpaired) electrons. The van der Waals surface area contributed by atoms with Gasteiger partial charge in [-0.3, -0.25) is 4.98 Å². The fourth-order valence-electron chi connectivity index (χ4n) is 7.54. The second kappa shape index (κ2) is 11.4. The minimum absolute atomic E-state index is 0.0990. The summed E-state index contributed by atoms with van der Waals surface area (Å²) < 4.78 is 0. The van der Waals surface area contributed by atoms with Crippen molar-refractivity contribution in [2.45, 2.75) is 13.8 Å². The number of nitrogens with zero attached hydrogens (tertiary/aromatic N) is 1. The van der Waals surface area contributed by atoms with Crippen molar-refractivity contribution < 1.29 is 15.3 Å². The summed E-state index contributed by atoms with van der Waals surface area (Å²) in [5, 5.41) is 40.6. The Morgan fingerprint density at radius 3 is 1.65 bits per heavy atom. The summed E-state index contributed by atoms with van der Waals surface area (Å²) >= 11 is 0. The smallest absolute Gasteiger partial charge is 0.130 e. The molecule has 0 spiro atoms. The fraction of sp³-hybridized carbons (Fsp3) is 0.0682. The Balaban J connectivity index is 0.00000165. The minimum Gasteiger partial charge on any atom is -0.507 e. The van der Waals surface area contributed by atoms with Gasteiger partial charge in [-0.15, -0.1) is 0 Å². The number of fused-ring (bicyclic) bond motifs is 2. The number of hydrogen-bond donors (Lipinski definition) is 3. The number of aromatic nitrogens is 1. The topological polar surface area (TPSA) is 73.6 Å². The van der Waals surface area contributed by atoms with E-state index in [0.29, 0.717) is 11.1 Å². The van der Waals surface area contributed by atoms with Crippen molar-refractivity contribution in [3.8, 4) is 45.0 Å². The van der Waals surface area contributed by atoms with Crippen molar-refractivity contribution in [3.63, 3.8) is 0 Å². The molecule has 0 unspecified atom stereocenters. The van der Waals surface area contributed by atoms with Gasteiger partial charge in [0, 0.05) is 41.1 Å². The zero-order valence-corrected chi connectivity index (χ0v) is 26.9. The molecule has 0 aliphatic carbocycles. The first-order valence-electron chi connectivity index (χ1n) is 16.0. The second-order valence-corrected chi connectivity index (χ2v) is 12.3. The van der Waals surface area contributed by atoms with E-state index in [0.717, 1.165) is 56.6 Å². The lowest BCUT2D eigenvalue weighted by atomic mass is 9.85. The average Bonchev–Trinajstić information content (AvgIpc) is 3.14. The molecule has 232 valence electrons. The van der Waals surface area contributed by atoms with Crippen LogP contribution in [0.4, 0.5) is 0 Å². The van der Waals surface area contributed by atoms with Crippen molar-refractivity contribution in [1.29, 1.82) is 0 Å². The SMILES string of the molecule is CO.Cc1cc(-c2c3ccccc3c(-c3ccc(-c4ccc5ccc6cccc7ccc4c5c67)cn3)c3ccccc23)c(O)c(C)c1O. The highest BCUT2D eigenvalue weighted by atomic mass is 16.3. The van der Waals surface area contributed by atoms with E-state index in [1.807, 2.05) is 31.3 Å². The molecule has 0 atom stereocenters. The van der Waals surface area contributed by atoms with Crippen molar-refractivity contribution in [3.05, 3.63) is 139 Å². The zero-order chi connectivity index (χ0) is 33.1. The fourth-order valence-corrected chi connectivity index (χ4v) is 7.54. The van der Waals surface area contributed by atoms with Crippen LogP contribution in [0.1, 0.15) is 11.1 Å². The van der Waals surface area contributed by atoms with Crippen LogP contribution < -0.4 is 0 Å². The highest BCUT2D eigenvalue weighted by Crippen LogP contribution is 2.48. The summed E-state index contributed by atoms with van der Waals surface area (Å²) in [7, 11) is 1.00. The lowest BCUT2D eigenvalue weighted by Gasteiger charge is -2.19. The first-order chi connectivity index (χ1) is 23.5. The molecule has 1 aromatic heterocycles. The van der Waals surface area contributed by atoms with Gasteiger partial charge in [0.2, 0.25) is 0 Å². The van der Waals surface area contributed by atoms with Crippen LogP contribution in [-0.4, -0.2) is 27.4 Å². The molecular formula is C44H33NO3. The maximum absolute atomic E-state index is 11.3. The highest BCUT2D eigenvalue weighted by molar-refractivity contribution is 6.25. The Hall–Kier alpha value is -5.97. The van der Waals surface area contributed by atoms with E-state index in [-0.39, 0.29) is 11.5 Å². The minimum atomic E-state index is 0.0990. The molecule has 4 heteroatoms. The quantitative estimate of drug-likeness (QED) is 0.135. The molecule has 0 fully saturated rings. The lowest BCUT2D eigenvalue weighted by molar-refractivity contribution is 0.399. The molecule has 0 aliphatic heterocycles. The predicted octanol–water partition coefficient (Wildman–Crippen LogP) is 10.9. The molecule has 48 heavy (non-hydrogen) atoms. The Labute approximate surface area is 278 Å². The number of aromatic hydroxyl groups is 2. The molecule has 0 amide bonds. The van der Waals surface area contributed by atoms with Crippen molar-refractivity contribution >= 4 is 53.9 Å². The normalized spacial score (nSPS) is 11.5. The van der Waals surface area contributed by atoms with E-state index >= 15 is 0 Å². The van der Waals surface area contributed by atoms with Crippen LogP contribution in [0.15, 0.2) is 128 Å². The van der Waals surface area contributed by atoms with Gasteiger partial charge in [-0.05, 0) is 91.0 Å². The van der Waals surface area contributed by atoms with Gasteiger partial charge in [-0.2, -0.15) is 0 Å². The van der Waals surface area contributed by atoms with E-state index < -0.39 is 0 Å². The largest absolute Gasteiger partial charge is 0.507 e. The summed E-state index contributed by atoms with van der Waals surface area (Å²) in [6.07, 6.45) is 2.00. The number of rotatable bonds is 3. The third-order valence-corrected chi connectivity index (χ3v) is 9.76. The molecule has 3 N–H and O–H groups in total. The van der Waals surface area contributed by atoms with Crippen LogP contribution in [0.3, 0.4) is 0 Å². The molecular weight excluding hydrogens is 590 g/mol. The third kappa shape index (κ3) is 4.30. The van der Waals surface area contributed by atoms with Gasteiger partial charge < -0.3 is 15.3 Å². The predicted molar refractivity (Wildman–Crippen MR) is 200 cm³/mol. The number of aliphatic hydroxyl groups excluding tert-OH is 1. The van der Waals surface area contributed by atoms with E-state index in [1.54, 1.807) is 6.92 Å². The van der Waals surface area contributed by atoms with E-state index in [2.05, 4.69) is 103 Å². The van der Waals surface area contributed by atoms with E-state index in [9.17, 15) is 10.2 Å². The number of benzene rings is 8. The monoisotopic (exact) mass is 623 g/mol. The highest BCUT2D eigenvalue weighted by Gasteiger charge is 2.21. The number of pyridine rings is 1. The second-order valence-electron chi connectivity index (χ2n) is 12.3. The van der Waals surface area contributed by atoms with Gasteiger partial charge >= 0.3 is 0 Å². The Bertz CT molecular complexity index is 2600. The van der Waals surface area contributed by atoms with Crippen LogP contribution in [0.5, 0.6) is 11.5 Å². The van der Waals surface area contributed by atoms with E-state index in [1.165, 1.54) is 37.9 Å². The summed E-state index contributed by atoms with van der Waals surface area (Å²) in [5.74, 6) is 0.224. The molecule has 0 bridgehead atoms. The van der Waals surface area contributed by atoms with E-state index in [4.69, 9.17) is 10.1 Å². The Kier molecular flexibility index (Phi) is 6.97. The summed E-state index contributed by atoms with van der Waals surface area (Å²) in [4.78, 5) is 5.11. The van der Waals surface area contributed by atoms with Crippen molar-refractivity contribution in [2.24, 2.45) is 0 Å². The van der Waals surface area contributed by atoms with Gasteiger partial charge in [0.15, 0.2) is 0 Å². The molecule has 0 aliphatic rings. The molecule has 9 aromatic rings. The van der Waals surface area contributed by atoms with Crippen LogP contribution in [0.25, 0.3) is 87.4 Å². The average molecular weight is 624 g/mol. The maximum Gasteiger partial charge on any atom is 0.130 e. The number of hydrogen-bond acceptors (Lipinski definition) is 4. The molecule has 4 nitrogen and oxygen atoms in total. The van der Waals surface area contributed by atoms with Crippen LogP contribution in [0.2, 0.25) is 0 Å². The van der Waals surface area contributed by atoms with Crippen molar-refractivity contribution in [1.82, 2.24) is 4.98 Å². The maximum atomic E-state index is 11.3. The number of phenols is 2. The lowest BCUT2D eigenvalue weighted by Crippen LogP contribution is -1.94. The first-order valence-corrected chi connectivity index (χ1v) is 16.0. The first kappa shape index (κ1) is 29.4. The molecule has 1 heterocycles. The van der Waals surface area contributed by atoms with Gasteiger partial charge in [0.25, 0.3) is 0 Å². The molecule has 0 saturated carbocycles. The van der Waals surface area contributed by atoms with Gasteiger partial charge in [-0.1, -0.05) is 109 Å². The van der Waals surface area contributed by atoms with Gasteiger partial charge in [-0.25, -0.2) is 0 Å². The van der Waals surface area contributed by atoms with Crippen LogP contribution in [-0.2, 0) is 0 Å². The molecule has 8 aromatic carbocycles. The zero-order valence-electron chi connectivity index (χ0n) is 26.9. The third-order valence-electron chi connectivity index (χ3n) is 9.76. The van der Waals surface area contributed by atoms with Gasteiger partial charge in [0.1, 0.15) is 11.5 Å². The number of aryl methyl sites for hydroxylation is 1. The summed E-state index contributed by atoms with van der Waals surface area (Å²) in [6.45, 7) is 3.63. The van der Waals surface area contributed by atoms with Gasteiger partial charge in [0.05, 0.1) is 5.69 Å². The standard InChI is InChI=1S/C43H29NO2.CH4O/c1-24-22-36(43(46)25(2)42(24)45)40-31-10-3-5-12-33(31)41(34-13-6-4-11-32(34)40)37-21-18-29(23-44-37)30-19-16-28-15-14-26-8-7-9-27-17-20-35(30)39(28)38(26)27;1-2/h3-23,45-46H,1-2H3;2H,1H3. The van der Waals surface area contributed by atoms with Crippen LogP contribution >= 0.6 is 0 Å². The summed E-state index contributed by atoms with van der Waals surface area (Å²) in [6, 6.07) is 42.7. The Morgan fingerprint density at radius 1 is 0.479 bits per heavy atom. The molecule has 0 saturated heterocycles. The number of aliphatic hydroxyl groups is 1. The Morgan fingerprint density at radius 2 is 1.04 bits per heavy atom. The molecule has 9 rings (SSSR count). The van der Waals surface area contributed by atoms with Crippen LogP contribution in [0, 0.1) is 13.8 Å².